The molecule has 0 aromatic heterocycles. The van der Waals surface area contributed by atoms with E-state index < -0.39 is 0 Å². The van der Waals surface area contributed by atoms with Crippen molar-refractivity contribution in [2.45, 2.75) is 26.2 Å². The van der Waals surface area contributed by atoms with Crippen molar-refractivity contribution in [3.05, 3.63) is 95.1 Å². The third-order valence-corrected chi connectivity index (χ3v) is 4.68. The molecule has 3 aromatic rings. The largest absolute Gasteiger partial charge is 0.322 e. The minimum absolute atomic E-state index is 0.00252. The van der Waals surface area contributed by atoms with Crippen LogP contribution in [-0.2, 0) is 5.41 Å². The molecule has 0 radical (unpaired) electrons. The van der Waals surface area contributed by atoms with Gasteiger partial charge < -0.3 is 10.6 Å². The normalized spacial score (nSPS) is 10.7. The first-order valence-corrected chi connectivity index (χ1v) is 9.60. The summed E-state index contributed by atoms with van der Waals surface area (Å²) in [6.07, 6.45) is 0. The van der Waals surface area contributed by atoms with Gasteiger partial charge >= 0.3 is 0 Å². The predicted molar refractivity (Wildman–Crippen MR) is 119 cm³/mol. The number of carbonyl (C=O) groups is 2. The van der Waals surface area contributed by atoms with Crippen LogP contribution in [-0.4, -0.2) is 11.8 Å². The summed E-state index contributed by atoms with van der Waals surface area (Å²) in [5.74, 6) is -0.661. The number of hydrogen-bond acceptors (Lipinski definition) is 3. The van der Waals surface area contributed by atoms with Crippen LogP contribution in [0.15, 0.2) is 72.8 Å². The van der Waals surface area contributed by atoms with E-state index in [1.165, 1.54) is 0 Å². The van der Waals surface area contributed by atoms with Gasteiger partial charge in [-0.25, -0.2) is 0 Å². The van der Waals surface area contributed by atoms with Crippen LogP contribution in [0.25, 0.3) is 0 Å². The van der Waals surface area contributed by atoms with E-state index in [4.69, 9.17) is 5.26 Å². The lowest BCUT2D eigenvalue weighted by molar-refractivity contribution is 0.102. The zero-order chi connectivity index (χ0) is 21.7. The summed E-state index contributed by atoms with van der Waals surface area (Å²) in [6, 6.07) is 23.0. The minimum atomic E-state index is -0.371. The number of nitriles is 1. The van der Waals surface area contributed by atoms with Crippen molar-refractivity contribution in [2.75, 3.05) is 10.6 Å². The van der Waals surface area contributed by atoms with Crippen LogP contribution in [0.5, 0.6) is 0 Å². The molecule has 5 nitrogen and oxygen atoms in total. The van der Waals surface area contributed by atoms with Crippen molar-refractivity contribution in [2.24, 2.45) is 0 Å². The molecule has 150 valence electrons. The Bertz CT molecular complexity index is 1120. The second-order valence-electron chi connectivity index (χ2n) is 7.97. The van der Waals surface area contributed by atoms with Gasteiger partial charge in [-0.3, -0.25) is 9.59 Å². The molecule has 2 amide bonds. The van der Waals surface area contributed by atoms with Crippen molar-refractivity contribution >= 4 is 23.2 Å². The maximum atomic E-state index is 12.8. The molecule has 0 aliphatic heterocycles. The molecule has 0 unspecified atom stereocenters. The van der Waals surface area contributed by atoms with Crippen LogP contribution < -0.4 is 10.6 Å². The summed E-state index contributed by atoms with van der Waals surface area (Å²) in [6.45, 7) is 6.34. The molecule has 3 aromatic carbocycles. The monoisotopic (exact) mass is 397 g/mol. The van der Waals surface area contributed by atoms with Crippen LogP contribution >= 0.6 is 0 Å². The highest BCUT2D eigenvalue weighted by Crippen LogP contribution is 2.23. The number of nitrogens with one attached hydrogen (secondary N) is 2. The smallest absolute Gasteiger partial charge is 0.257 e. The average molecular weight is 397 g/mol. The van der Waals surface area contributed by atoms with Gasteiger partial charge in [0.2, 0.25) is 0 Å². The maximum Gasteiger partial charge on any atom is 0.257 e. The predicted octanol–water partition coefficient (Wildman–Crippen LogP) is 5.36. The first-order chi connectivity index (χ1) is 14.3. The number of amides is 2. The van der Waals surface area contributed by atoms with Gasteiger partial charge in [0.25, 0.3) is 11.8 Å². The van der Waals surface area contributed by atoms with Gasteiger partial charge in [-0.2, -0.15) is 5.26 Å². The molecule has 30 heavy (non-hydrogen) atoms. The Kier molecular flexibility index (Phi) is 5.98. The number of nitrogens with zero attached hydrogens (tertiary/aromatic N) is 1. The third-order valence-electron chi connectivity index (χ3n) is 4.68. The van der Waals surface area contributed by atoms with Crippen LogP contribution in [0.1, 0.15) is 52.6 Å². The highest BCUT2D eigenvalue weighted by molar-refractivity contribution is 6.12. The van der Waals surface area contributed by atoms with E-state index in [0.29, 0.717) is 28.1 Å². The van der Waals surface area contributed by atoms with Crippen molar-refractivity contribution in [1.82, 2.24) is 0 Å². The Morgan fingerprint density at radius 1 is 0.833 bits per heavy atom. The first kappa shape index (κ1) is 20.8. The minimum Gasteiger partial charge on any atom is -0.322 e. The average Bonchev–Trinajstić information content (AvgIpc) is 2.73. The SMILES string of the molecule is CC(C)(C)c1ccc(C(=O)Nc2ccccc2C(=O)Nc2cccc(C#N)c2)cc1. The fourth-order valence-corrected chi connectivity index (χ4v) is 2.97. The summed E-state index contributed by atoms with van der Waals surface area (Å²) in [5.41, 5.74) is 3.36. The third kappa shape index (κ3) is 4.92. The van der Waals surface area contributed by atoms with Gasteiger partial charge in [-0.1, -0.05) is 51.1 Å². The number of carbonyl (C=O) groups excluding carboxylic acids is 2. The van der Waals surface area contributed by atoms with E-state index in [-0.39, 0.29) is 17.2 Å². The summed E-state index contributed by atoms with van der Waals surface area (Å²) in [7, 11) is 0. The topological polar surface area (TPSA) is 82.0 Å². The van der Waals surface area contributed by atoms with E-state index >= 15 is 0 Å². The van der Waals surface area contributed by atoms with Gasteiger partial charge in [0.1, 0.15) is 0 Å². The molecular weight excluding hydrogens is 374 g/mol. The van der Waals surface area contributed by atoms with Crippen molar-refractivity contribution in [3.63, 3.8) is 0 Å². The lowest BCUT2D eigenvalue weighted by Crippen LogP contribution is -2.18. The highest BCUT2D eigenvalue weighted by atomic mass is 16.2. The van der Waals surface area contributed by atoms with Crippen LogP contribution in [0.3, 0.4) is 0 Å². The van der Waals surface area contributed by atoms with Crippen LogP contribution in [0, 0.1) is 11.3 Å². The number of rotatable bonds is 4. The molecule has 0 aliphatic rings. The Balaban J connectivity index is 1.78. The van der Waals surface area contributed by atoms with Crippen LogP contribution in [0.4, 0.5) is 11.4 Å². The van der Waals surface area contributed by atoms with Gasteiger partial charge in [0.15, 0.2) is 0 Å². The van der Waals surface area contributed by atoms with E-state index in [2.05, 4.69) is 31.4 Å². The number of para-hydroxylation sites is 1. The Labute approximate surface area is 176 Å². The fourth-order valence-electron chi connectivity index (χ4n) is 2.97. The highest BCUT2D eigenvalue weighted by Gasteiger charge is 2.16. The standard InChI is InChI=1S/C25H23N3O2/c1-25(2,3)19-13-11-18(12-14-19)23(29)28-22-10-5-4-9-21(22)24(30)27-20-8-6-7-17(15-20)16-26/h4-15H,1-3H3,(H,27,30)(H,28,29). The molecule has 5 heteroatoms. The molecule has 0 fully saturated rings. The maximum absolute atomic E-state index is 12.8. The molecule has 0 heterocycles. The molecule has 0 spiro atoms. The molecule has 3 rings (SSSR count). The number of hydrogen-bond donors (Lipinski definition) is 2. The molecule has 0 aliphatic carbocycles. The van der Waals surface area contributed by atoms with E-state index in [0.717, 1.165) is 5.56 Å². The van der Waals surface area contributed by atoms with Gasteiger partial charge in [0.05, 0.1) is 22.9 Å². The molecule has 0 atom stereocenters. The Morgan fingerprint density at radius 3 is 2.20 bits per heavy atom. The van der Waals surface area contributed by atoms with E-state index in [9.17, 15) is 9.59 Å². The van der Waals surface area contributed by atoms with Crippen LogP contribution in [0.2, 0.25) is 0 Å². The number of anilines is 2. The zero-order valence-electron chi connectivity index (χ0n) is 17.2. The Hall–Kier alpha value is -3.91. The summed E-state index contributed by atoms with van der Waals surface area (Å²) >= 11 is 0. The van der Waals surface area contributed by atoms with Gasteiger partial charge in [-0.15, -0.1) is 0 Å². The summed E-state index contributed by atoms with van der Waals surface area (Å²) < 4.78 is 0. The van der Waals surface area contributed by atoms with E-state index in [1.54, 1.807) is 60.7 Å². The van der Waals surface area contributed by atoms with E-state index in [1.807, 2.05) is 18.2 Å². The lowest BCUT2D eigenvalue weighted by atomic mass is 9.86. The fraction of sp³-hybridized carbons (Fsp3) is 0.160. The van der Waals surface area contributed by atoms with Crippen molar-refractivity contribution in [1.29, 1.82) is 5.26 Å². The molecular formula is C25H23N3O2. The second-order valence-corrected chi connectivity index (χ2v) is 7.97. The molecule has 0 saturated carbocycles. The summed E-state index contributed by atoms with van der Waals surface area (Å²) in [4.78, 5) is 25.5. The molecule has 0 saturated heterocycles. The lowest BCUT2D eigenvalue weighted by Gasteiger charge is -2.19. The summed E-state index contributed by atoms with van der Waals surface area (Å²) in [5, 5.41) is 14.6. The van der Waals surface area contributed by atoms with Crippen molar-refractivity contribution in [3.8, 4) is 6.07 Å². The quantitative estimate of drug-likeness (QED) is 0.622. The molecule has 0 bridgehead atoms. The van der Waals surface area contributed by atoms with Gasteiger partial charge in [0, 0.05) is 11.3 Å². The van der Waals surface area contributed by atoms with Crippen molar-refractivity contribution < 1.29 is 9.59 Å². The zero-order valence-corrected chi connectivity index (χ0v) is 17.2. The Morgan fingerprint density at radius 2 is 1.53 bits per heavy atom. The number of benzene rings is 3. The second kappa shape index (κ2) is 8.62. The molecule has 2 N–H and O–H groups in total. The first-order valence-electron chi connectivity index (χ1n) is 9.60. The van der Waals surface area contributed by atoms with Gasteiger partial charge in [-0.05, 0) is 53.4 Å².